The van der Waals surface area contributed by atoms with Crippen molar-refractivity contribution < 1.29 is 4.74 Å². The zero-order chi connectivity index (χ0) is 18.1. The quantitative estimate of drug-likeness (QED) is 0.316. The molecule has 2 aliphatic heterocycles. The van der Waals surface area contributed by atoms with Crippen LogP contribution in [0.5, 0.6) is 0 Å². The summed E-state index contributed by atoms with van der Waals surface area (Å²) in [4.78, 5) is 9.95. The Morgan fingerprint density at radius 1 is 1.15 bits per heavy atom. The average Bonchev–Trinajstić information content (AvgIpc) is 3.06. The van der Waals surface area contributed by atoms with Gasteiger partial charge >= 0.3 is 0 Å². The average molecular weight is 481 g/mol. The maximum atomic E-state index is 5.47. The summed E-state index contributed by atoms with van der Waals surface area (Å²) >= 11 is 0. The zero-order valence-corrected chi connectivity index (χ0v) is 19.6. The second kappa shape index (κ2) is 12.4. The van der Waals surface area contributed by atoms with Crippen LogP contribution in [-0.4, -0.2) is 86.9 Å². The van der Waals surface area contributed by atoms with Crippen LogP contribution in [0, 0.1) is 5.92 Å². The molecule has 2 aliphatic rings. The predicted molar refractivity (Wildman–Crippen MR) is 121 cm³/mol. The summed E-state index contributed by atoms with van der Waals surface area (Å²) in [6.07, 6.45) is 2.55. The highest BCUT2D eigenvalue weighted by atomic mass is 127. The molecular formula is C19H40IN5O. The van der Waals surface area contributed by atoms with Crippen molar-refractivity contribution in [1.29, 1.82) is 0 Å². The second-order valence-corrected chi connectivity index (χ2v) is 7.94. The van der Waals surface area contributed by atoms with Gasteiger partial charge < -0.3 is 20.3 Å². The highest BCUT2D eigenvalue weighted by Crippen LogP contribution is 2.17. The molecule has 6 nitrogen and oxygen atoms in total. The van der Waals surface area contributed by atoms with E-state index >= 15 is 0 Å². The number of aliphatic imine (C=N–C) groups is 1. The molecule has 2 heterocycles. The third-order valence-corrected chi connectivity index (χ3v) is 5.30. The molecule has 2 rings (SSSR count). The largest absolute Gasteiger partial charge is 0.379 e. The topological polar surface area (TPSA) is 52.1 Å². The molecule has 2 N–H and O–H groups in total. The van der Waals surface area contributed by atoms with Crippen LogP contribution in [-0.2, 0) is 4.74 Å². The SMILES string of the molecule is CCCN1CCC(CNC(=NCC(C)(C)N2CCOCC2)NCC)C1.I. The summed E-state index contributed by atoms with van der Waals surface area (Å²) in [6.45, 7) is 19.0. The fourth-order valence-electron chi connectivity index (χ4n) is 3.72. The van der Waals surface area contributed by atoms with Gasteiger partial charge in [0.25, 0.3) is 0 Å². The fourth-order valence-corrected chi connectivity index (χ4v) is 3.72. The molecule has 2 fully saturated rings. The molecule has 0 aromatic rings. The molecule has 0 amide bonds. The molecule has 1 unspecified atom stereocenters. The number of hydrogen-bond donors (Lipinski definition) is 2. The minimum atomic E-state index is 0. The van der Waals surface area contributed by atoms with E-state index in [4.69, 9.17) is 9.73 Å². The number of morpholine rings is 1. The number of nitrogens with zero attached hydrogens (tertiary/aromatic N) is 3. The van der Waals surface area contributed by atoms with E-state index in [1.54, 1.807) is 0 Å². The predicted octanol–water partition coefficient (Wildman–Crippen LogP) is 2.00. The van der Waals surface area contributed by atoms with Crippen molar-refractivity contribution in [1.82, 2.24) is 20.4 Å². The summed E-state index contributed by atoms with van der Waals surface area (Å²) in [7, 11) is 0. The number of likely N-dealkylation sites (tertiary alicyclic amines) is 1. The molecule has 0 radical (unpaired) electrons. The van der Waals surface area contributed by atoms with E-state index < -0.39 is 0 Å². The van der Waals surface area contributed by atoms with Crippen molar-refractivity contribution in [2.24, 2.45) is 10.9 Å². The van der Waals surface area contributed by atoms with Crippen LogP contribution in [0.25, 0.3) is 0 Å². The lowest BCUT2D eigenvalue weighted by atomic mass is 10.0. The first-order valence-electron chi connectivity index (χ1n) is 10.1. The number of halogens is 1. The van der Waals surface area contributed by atoms with E-state index in [9.17, 15) is 0 Å². The third-order valence-electron chi connectivity index (χ3n) is 5.30. The molecular weight excluding hydrogens is 441 g/mol. The number of ether oxygens (including phenoxy) is 1. The molecule has 0 bridgehead atoms. The van der Waals surface area contributed by atoms with Crippen molar-refractivity contribution in [2.45, 2.75) is 46.1 Å². The van der Waals surface area contributed by atoms with Gasteiger partial charge in [-0.1, -0.05) is 6.92 Å². The van der Waals surface area contributed by atoms with Gasteiger partial charge in [0.05, 0.1) is 19.8 Å². The Morgan fingerprint density at radius 3 is 2.54 bits per heavy atom. The summed E-state index contributed by atoms with van der Waals surface area (Å²) in [5.41, 5.74) is 0.0669. The van der Waals surface area contributed by atoms with E-state index in [0.29, 0.717) is 0 Å². The third kappa shape index (κ3) is 7.86. The lowest BCUT2D eigenvalue weighted by molar-refractivity contribution is -0.00683. The van der Waals surface area contributed by atoms with Gasteiger partial charge in [-0.25, -0.2) is 0 Å². The standard InChI is InChI=1S/C19H39N5O.HI/c1-5-8-23-9-7-17(15-23)14-21-18(20-6-2)22-16-19(3,4)24-10-12-25-13-11-24;/h17H,5-16H2,1-4H3,(H2,20,21,22);1H. The molecule has 154 valence electrons. The Morgan fingerprint density at radius 2 is 1.88 bits per heavy atom. The highest BCUT2D eigenvalue weighted by Gasteiger charge is 2.28. The van der Waals surface area contributed by atoms with Gasteiger partial charge in [-0.05, 0) is 52.6 Å². The maximum Gasteiger partial charge on any atom is 0.191 e. The second-order valence-electron chi connectivity index (χ2n) is 7.94. The van der Waals surface area contributed by atoms with E-state index in [1.807, 2.05) is 0 Å². The van der Waals surface area contributed by atoms with Crippen molar-refractivity contribution in [3.63, 3.8) is 0 Å². The van der Waals surface area contributed by atoms with E-state index in [-0.39, 0.29) is 29.5 Å². The number of rotatable bonds is 8. The van der Waals surface area contributed by atoms with Gasteiger partial charge in [-0.3, -0.25) is 9.89 Å². The summed E-state index contributed by atoms with van der Waals surface area (Å²) in [5, 5.41) is 6.97. The van der Waals surface area contributed by atoms with Crippen LogP contribution in [0.3, 0.4) is 0 Å². The highest BCUT2D eigenvalue weighted by molar-refractivity contribution is 14.0. The lowest BCUT2D eigenvalue weighted by Gasteiger charge is -2.39. The smallest absolute Gasteiger partial charge is 0.191 e. The normalized spacial score (nSPS) is 22.9. The van der Waals surface area contributed by atoms with Crippen molar-refractivity contribution in [3.8, 4) is 0 Å². The van der Waals surface area contributed by atoms with Crippen molar-refractivity contribution in [2.75, 3.05) is 65.6 Å². The Bertz CT molecular complexity index is 413. The van der Waals surface area contributed by atoms with Crippen LogP contribution in [0.15, 0.2) is 4.99 Å². The van der Waals surface area contributed by atoms with E-state index in [1.165, 1.54) is 32.5 Å². The first-order valence-corrected chi connectivity index (χ1v) is 10.1. The molecule has 0 aromatic heterocycles. The van der Waals surface area contributed by atoms with Crippen molar-refractivity contribution >= 4 is 29.9 Å². The lowest BCUT2D eigenvalue weighted by Crippen LogP contribution is -2.52. The minimum Gasteiger partial charge on any atom is -0.379 e. The molecule has 0 saturated carbocycles. The molecule has 0 aliphatic carbocycles. The van der Waals surface area contributed by atoms with Gasteiger partial charge in [0, 0.05) is 38.3 Å². The maximum absolute atomic E-state index is 5.47. The Labute approximate surface area is 177 Å². The zero-order valence-electron chi connectivity index (χ0n) is 17.2. The van der Waals surface area contributed by atoms with Gasteiger partial charge in [0.2, 0.25) is 0 Å². The van der Waals surface area contributed by atoms with Crippen LogP contribution in [0.4, 0.5) is 0 Å². The van der Waals surface area contributed by atoms with Gasteiger partial charge in [-0.15, -0.1) is 24.0 Å². The van der Waals surface area contributed by atoms with E-state index in [0.717, 1.165) is 57.8 Å². The number of guanidine groups is 1. The van der Waals surface area contributed by atoms with E-state index in [2.05, 4.69) is 48.1 Å². The molecule has 7 heteroatoms. The van der Waals surface area contributed by atoms with Crippen LogP contribution in [0.1, 0.15) is 40.5 Å². The summed E-state index contributed by atoms with van der Waals surface area (Å²) in [5.74, 6) is 1.69. The minimum absolute atomic E-state index is 0. The van der Waals surface area contributed by atoms with Crippen LogP contribution in [0.2, 0.25) is 0 Å². The summed E-state index contributed by atoms with van der Waals surface area (Å²) in [6, 6.07) is 0. The molecule has 1 atom stereocenters. The Kier molecular flexibility index (Phi) is 11.4. The first-order chi connectivity index (χ1) is 12.0. The molecule has 0 spiro atoms. The van der Waals surface area contributed by atoms with Gasteiger partial charge in [-0.2, -0.15) is 0 Å². The van der Waals surface area contributed by atoms with Crippen molar-refractivity contribution in [3.05, 3.63) is 0 Å². The Hall–Kier alpha value is -0.120. The van der Waals surface area contributed by atoms with Crippen LogP contribution >= 0.6 is 24.0 Å². The van der Waals surface area contributed by atoms with Gasteiger partial charge in [0.1, 0.15) is 0 Å². The number of hydrogen-bond acceptors (Lipinski definition) is 4. The first kappa shape index (κ1) is 23.9. The van der Waals surface area contributed by atoms with Gasteiger partial charge in [0.15, 0.2) is 5.96 Å². The van der Waals surface area contributed by atoms with Crippen LogP contribution < -0.4 is 10.6 Å². The Balaban J connectivity index is 0.00000338. The fraction of sp³-hybridized carbons (Fsp3) is 0.947. The molecule has 2 saturated heterocycles. The monoisotopic (exact) mass is 481 g/mol. The number of nitrogens with one attached hydrogen (secondary N) is 2. The molecule has 0 aromatic carbocycles. The molecule has 26 heavy (non-hydrogen) atoms. The summed E-state index contributed by atoms with van der Waals surface area (Å²) < 4.78 is 5.47.